The summed E-state index contributed by atoms with van der Waals surface area (Å²) in [5, 5.41) is 0. The number of methoxy groups -OCH3 is 1. The molecule has 0 atom stereocenters. The van der Waals surface area contributed by atoms with E-state index in [-0.39, 0.29) is 17.7 Å². The molecule has 0 saturated heterocycles. The molecule has 2 aromatic rings. The first-order valence-corrected chi connectivity index (χ1v) is 5.30. The molecule has 0 radical (unpaired) electrons. The molecule has 0 amide bonds. The highest BCUT2D eigenvalue weighted by molar-refractivity contribution is 5.91. The van der Waals surface area contributed by atoms with Gasteiger partial charge in [0.05, 0.1) is 18.1 Å². The van der Waals surface area contributed by atoms with Crippen LogP contribution in [0, 0.1) is 5.82 Å². The predicted octanol–water partition coefficient (Wildman–Crippen LogP) is 2.54. The van der Waals surface area contributed by atoms with Crippen LogP contribution in [0.5, 0.6) is 0 Å². The average Bonchev–Trinajstić information content (AvgIpc) is 2.66. The van der Waals surface area contributed by atoms with E-state index in [4.69, 9.17) is 0 Å². The molecule has 1 aromatic heterocycles. The molecular formula is C12H13FN2O2. The molecule has 0 aliphatic carbocycles. The highest BCUT2D eigenvalue weighted by atomic mass is 19.1. The second-order valence-electron chi connectivity index (χ2n) is 4.02. The van der Waals surface area contributed by atoms with Crippen molar-refractivity contribution in [3.05, 3.63) is 29.8 Å². The van der Waals surface area contributed by atoms with Crippen LogP contribution in [-0.2, 0) is 4.74 Å². The number of ether oxygens (including phenoxy) is 1. The van der Waals surface area contributed by atoms with Crippen LogP contribution < -0.4 is 0 Å². The number of nitrogens with zero attached hydrogens (tertiary/aromatic N) is 2. The second-order valence-corrected chi connectivity index (χ2v) is 4.02. The number of carbonyl (C=O) groups is 1. The summed E-state index contributed by atoms with van der Waals surface area (Å²) in [6, 6.07) is 4.24. The van der Waals surface area contributed by atoms with Gasteiger partial charge >= 0.3 is 5.97 Å². The highest BCUT2D eigenvalue weighted by Crippen LogP contribution is 2.22. The average molecular weight is 236 g/mol. The standard InChI is InChI=1S/C12H13FN2O2/c1-7(2)15-10-6-8(13)4-5-9(10)14-11(15)12(16)17-3/h4-7H,1-3H3. The van der Waals surface area contributed by atoms with Crippen LogP contribution in [0.3, 0.4) is 0 Å². The number of carbonyl (C=O) groups excluding carboxylic acids is 1. The monoisotopic (exact) mass is 236 g/mol. The topological polar surface area (TPSA) is 44.1 Å². The number of hydrogen-bond acceptors (Lipinski definition) is 3. The molecule has 0 aliphatic rings. The van der Waals surface area contributed by atoms with Crippen molar-refractivity contribution in [1.29, 1.82) is 0 Å². The van der Waals surface area contributed by atoms with Crippen molar-refractivity contribution in [3.8, 4) is 0 Å². The summed E-state index contributed by atoms with van der Waals surface area (Å²) in [6.45, 7) is 3.80. The molecule has 90 valence electrons. The second kappa shape index (κ2) is 4.16. The summed E-state index contributed by atoms with van der Waals surface area (Å²) in [5.74, 6) is -0.672. The summed E-state index contributed by atoms with van der Waals surface area (Å²) < 4.78 is 19.6. The summed E-state index contributed by atoms with van der Waals surface area (Å²) >= 11 is 0. The lowest BCUT2D eigenvalue weighted by Gasteiger charge is -2.11. The van der Waals surface area contributed by atoms with Gasteiger partial charge in [0.2, 0.25) is 5.82 Å². The van der Waals surface area contributed by atoms with Crippen molar-refractivity contribution in [3.63, 3.8) is 0 Å². The van der Waals surface area contributed by atoms with Gasteiger partial charge in [-0.25, -0.2) is 14.2 Å². The van der Waals surface area contributed by atoms with Gasteiger partial charge < -0.3 is 9.30 Å². The van der Waals surface area contributed by atoms with Crippen molar-refractivity contribution >= 4 is 17.0 Å². The lowest BCUT2D eigenvalue weighted by Crippen LogP contribution is -2.13. The number of halogens is 1. The number of benzene rings is 1. The molecular weight excluding hydrogens is 223 g/mol. The van der Waals surface area contributed by atoms with Gasteiger partial charge in [-0.05, 0) is 32.0 Å². The molecule has 0 N–H and O–H groups in total. The first kappa shape index (κ1) is 11.6. The third-order valence-electron chi connectivity index (χ3n) is 2.54. The molecule has 0 bridgehead atoms. The maximum atomic E-state index is 13.2. The summed E-state index contributed by atoms with van der Waals surface area (Å²) in [6.07, 6.45) is 0. The highest BCUT2D eigenvalue weighted by Gasteiger charge is 2.20. The lowest BCUT2D eigenvalue weighted by atomic mass is 10.3. The minimum atomic E-state index is -0.518. The molecule has 0 unspecified atom stereocenters. The maximum absolute atomic E-state index is 13.2. The number of fused-ring (bicyclic) bond motifs is 1. The zero-order chi connectivity index (χ0) is 12.6. The molecule has 0 fully saturated rings. The Morgan fingerprint density at radius 1 is 1.47 bits per heavy atom. The van der Waals surface area contributed by atoms with Crippen LogP contribution in [0.1, 0.15) is 30.5 Å². The Morgan fingerprint density at radius 3 is 2.76 bits per heavy atom. The fourth-order valence-corrected chi connectivity index (χ4v) is 1.82. The zero-order valence-electron chi connectivity index (χ0n) is 9.90. The van der Waals surface area contributed by atoms with Gasteiger partial charge in [0, 0.05) is 6.04 Å². The van der Waals surface area contributed by atoms with Gasteiger partial charge in [0.15, 0.2) is 0 Å². The number of esters is 1. The Labute approximate surface area is 98.0 Å². The first-order valence-electron chi connectivity index (χ1n) is 5.30. The summed E-state index contributed by atoms with van der Waals surface area (Å²) in [5.41, 5.74) is 1.18. The minimum absolute atomic E-state index is 0.00380. The van der Waals surface area contributed by atoms with Crippen LogP contribution >= 0.6 is 0 Å². The molecule has 0 spiro atoms. The van der Waals surface area contributed by atoms with E-state index < -0.39 is 5.97 Å². The van der Waals surface area contributed by atoms with Gasteiger partial charge in [0.1, 0.15) is 5.82 Å². The van der Waals surface area contributed by atoms with E-state index in [0.29, 0.717) is 11.0 Å². The van der Waals surface area contributed by atoms with Crippen molar-refractivity contribution in [2.24, 2.45) is 0 Å². The van der Waals surface area contributed by atoms with E-state index in [1.54, 1.807) is 10.6 Å². The van der Waals surface area contributed by atoms with Crippen LogP contribution in [0.2, 0.25) is 0 Å². The normalized spacial score (nSPS) is 11.1. The molecule has 17 heavy (non-hydrogen) atoms. The zero-order valence-corrected chi connectivity index (χ0v) is 9.90. The quantitative estimate of drug-likeness (QED) is 0.752. The Hall–Kier alpha value is -1.91. The predicted molar refractivity (Wildman–Crippen MR) is 61.4 cm³/mol. The number of imidazole rings is 1. The molecule has 0 saturated carbocycles. The smallest absolute Gasteiger partial charge is 0.374 e. The lowest BCUT2D eigenvalue weighted by molar-refractivity contribution is 0.0580. The Bertz CT molecular complexity index is 575. The molecule has 0 aliphatic heterocycles. The largest absolute Gasteiger partial charge is 0.463 e. The minimum Gasteiger partial charge on any atom is -0.463 e. The number of aromatic nitrogens is 2. The van der Waals surface area contributed by atoms with Crippen molar-refractivity contribution in [1.82, 2.24) is 9.55 Å². The van der Waals surface area contributed by atoms with E-state index in [0.717, 1.165) is 0 Å². The van der Waals surface area contributed by atoms with E-state index in [9.17, 15) is 9.18 Å². The van der Waals surface area contributed by atoms with E-state index in [1.165, 1.54) is 19.2 Å². The molecule has 5 heteroatoms. The Kier molecular flexibility index (Phi) is 2.83. The van der Waals surface area contributed by atoms with Gasteiger partial charge in [-0.15, -0.1) is 0 Å². The molecule has 1 aromatic carbocycles. The van der Waals surface area contributed by atoms with E-state index >= 15 is 0 Å². The number of hydrogen-bond donors (Lipinski definition) is 0. The fourth-order valence-electron chi connectivity index (χ4n) is 1.82. The van der Waals surface area contributed by atoms with Crippen LogP contribution in [0.25, 0.3) is 11.0 Å². The third-order valence-corrected chi connectivity index (χ3v) is 2.54. The summed E-state index contributed by atoms with van der Waals surface area (Å²) in [4.78, 5) is 15.8. The Morgan fingerprint density at radius 2 is 2.18 bits per heavy atom. The third kappa shape index (κ3) is 1.88. The van der Waals surface area contributed by atoms with Crippen molar-refractivity contribution < 1.29 is 13.9 Å². The van der Waals surface area contributed by atoms with Gasteiger partial charge in [0.25, 0.3) is 0 Å². The summed E-state index contributed by atoms with van der Waals surface area (Å²) in [7, 11) is 1.30. The van der Waals surface area contributed by atoms with Crippen LogP contribution in [-0.4, -0.2) is 22.6 Å². The maximum Gasteiger partial charge on any atom is 0.374 e. The first-order chi connectivity index (χ1) is 8.04. The van der Waals surface area contributed by atoms with Crippen molar-refractivity contribution in [2.45, 2.75) is 19.9 Å². The SMILES string of the molecule is COC(=O)c1nc2ccc(F)cc2n1C(C)C. The van der Waals surface area contributed by atoms with Crippen LogP contribution in [0.15, 0.2) is 18.2 Å². The number of rotatable bonds is 2. The Balaban J connectivity index is 2.76. The van der Waals surface area contributed by atoms with Gasteiger partial charge in [-0.3, -0.25) is 0 Å². The van der Waals surface area contributed by atoms with Gasteiger partial charge in [-0.2, -0.15) is 0 Å². The molecule has 1 heterocycles. The van der Waals surface area contributed by atoms with Crippen LogP contribution in [0.4, 0.5) is 4.39 Å². The van der Waals surface area contributed by atoms with E-state index in [1.807, 2.05) is 13.8 Å². The molecule has 4 nitrogen and oxygen atoms in total. The molecule has 2 rings (SSSR count). The van der Waals surface area contributed by atoms with Crippen molar-refractivity contribution in [2.75, 3.05) is 7.11 Å². The fraction of sp³-hybridized carbons (Fsp3) is 0.333. The van der Waals surface area contributed by atoms with Gasteiger partial charge in [-0.1, -0.05) is 0 Å². The van der Waals surface area contributed by atoms with E-state index in [2.05, 4.69) is 9.72 Å².